The fourth-order valence-electron chi connectivity index (χ4n) is 3.29. The van der Waals surface area contributed by atoms with Gasteiger partial charge in [-0.05, 0) is 42.8 Å². The standard InChI is InChI=1S/C23H18ClN7OS/c1-13-5-6-15(25-11-13)10-20(32)27-16-4-2-3-14(9-16)22-30-31-23(33-22)28-19-8-7-18-17(21(19)24)12-26-29-18/h2-9,11-12H,10H2,1H3,(H,26,29)(H,27,32)(H,28,31). The van der Waals surface area contributed by atoms with Crippen LogP contribution in [0.3, 0.4) is 0 Å². The number of pyridine rings is 1. The average Bonchev–Trinajstić information content (AvgIpc) is 3.48. The minimum Gasteiger partial charge on any atom is -0.329 e. The van der Waals surface area contributed by atoms with E-state index in [9.17, 15) is 4.79 Å². The highest BCUT2D eigenvalue weighted by Crippen LogP contribution is 2.34. The maximum absolute atomic E-state index is 12.4. The average molecular weight is 476 g/mol. The molecule has 0 aliphatic heterocycles. The number of hydrogen-bond donors (Lipinski definition) is 3. The predicted octanol–water partition coefficient (Wildman–Crippen LogP) is 5.36. The molecule has 2 aromatic carbocycles. The summed E-state index contributed by atoms with van der Waals surface area (Å²) in [7, 11) is 0. The van der Waals surface area contributed by atoms with Crippen LogP contribution in [0.1, 0.15) is 11.3 Å². The van der Waals surface area contributed by atoms with Gasteiger partial charge in [-0.25, -0.2) is 0 Å². The smallest absolute Gasteiger partial charge is 0.230 e. The Morgan fingerprint density at radius 3 is 2.88 bits per heavy atom. The highest BCUT2D eigenvalue weighted by molar-refractivity contribution is 7.18. The number of halogens is 1. The highest BCUT2D eigenvalue weighted by atomic mass is 35.5. The molecule has 1 amide bonds. The quantitative estimate of drug-likeness (QED) is 0.305. The van der Waals surface area contributed by atoms with Crippen molar-refractivity contribution in [3.63, 3.8) is 0 Å². The minimum atomic E-state index is -0.132. The van der Waals surface area contributed by atoms with Gasteiger partial charge in [-0.1, -0.05) is 41.1 Å². The lowest BCUT2D eigenvalue weighted by Crippen LogP contribution is -2.15. The van der Waals surface area contributed by atoms with E-state index in [0.29, 0.717) is 20.8 Å². The van der Waals surface area contributed by atoms with E-state index in [1.165, 1.54) is 11.3 Å². The molecule has 0 fully saturated rings. The topological polar surface area (TPSA) is 108 Å². The number of rotatable bonds is 6. The summed E-state index contributed by atoms with van der Waals surface area (Å²) in [4.78, 5) is 16.7. The molecule has 0 radical (unpaired) electrons. The number of hydrogen-bond acceptors (Lipinski definition) is 7. The minimum absolute atomic E-state index is 0.132. The first-order chi connectivity index (χ1) is 16.0. The molecular formula is C23H18ClN7OS. The molecular weight excluding hydrogens is 458 g/mol. The number of aryl methyl sites for hydroxylation is 1. The van der Waals surface area contributed by atoms with Crippen LogP contribution in [0.4, 0.5) is 16.5 Å². The number of aromatic amines is 1. The second-order valence-electron chi connectivity index (χ2n) is 7.43. The molecule has 0 unspecified atom stereocenters. The van der Waals surface area contributed by atoms with Gasteiger partial charge in [-0.15, -0.1) is 10.2 Å². The van der Waals surface area contributed by atoms with Gasteiger partial charge in [0.1, 0.15) is 5.01 Å². The Kier molecular flexibility index (Phi) is 5.72. The summed E-state index contributed by atoms with van der Waals surface area (Å²) in [5.41, 5.74) is 4.90. The molecule has 3 heterocycles. The van der Waals surface area contributed by atoms with Gasteiger partial charge in [0, 0.05) is 28.5 Å². The number of amides is 1. The molecule has 0 atom stereocenters. The maximum atomic E-state index is 12.4. The summed E-state index contributed by atoms with van der Waals surface area (Å²) in [6.45, 7) is 1.96. The van der Waals surface area contributed by atoms with Crippen molar-refractivity contribution in [1.82, 2.24) is 25.4 Å². The second-order valence-corrected chi connectivity index (χ2v) is 8.78. The zero-order valence-electron chi connectivity index (χ0n) is 17.5. The monoisotopic (exact) mass is 475 g/mol. The van der Waals surface area contributed by atoms with Crippen LogP contribution in [0.25, 0.3) is 21.5 Å². The number of anilines is 3. The van der Waals surface area contributed by atoms with Gasteiger partial charge in [-0.2, -0.15) is 5.10 Å². The molecule has 8 nitrogen and oxygen atoms in total. The number of aromatic nitrogens is 5. The van der Waals surface area contributed by atoms with Crippen molar-refractivity contribution in [3.05, 3.63) is 77.2 Å². The molecule has 5 rings (SSSR count). The van der Waals surface area contributed by atoms with E-state index in [-0.39, 0.29) is 12.3 Å². The number of nitrogens with zero attached hydrogens (tertiary/aromatic N) is 4. The third kappa shape index (κ3) is 4.69. The van der Waals surface area contributed by atoms with Gasteiger partial charge in [0.2, 0.25) is 11.0 Å². The van der Waals surface area contributed by atoms with E-state index in [0.717, 1.165) is 33.4 Å². The van der Waals surface area contributed by atoms with Crippen molar-refractivity contribution in [3.8, 4) is 10.6 Å². The third-order valence-corrected chi connectivity index (χ3v) is 6.23. The summed E-state index contributed by atoms with van der Waals surface area (Å²) in [6, 6.07) is 15.1. The fourth-order valence-corrected chi connectivity index (χ4v) is 4.30. The van der Waals surface area contributed by atoms with Gasteiger partial charge in [0.25, 0.3) is 0 Å². The lowest BCUT2D eigenvalue weighted by molar-refractivity contribution is -0.115. The van der Waals surface area contributed by atoms with Crippen molar-refractivity contribution in [2.24, 2.45) is 0 Å². The zero-order chi connectivity index (χ0) is 22.8. The Labute approximate surface area is 198 Å². The van der Waals surface area contributed by atoms with Crippen LogP contribution >= 0.6 is 22.9 Å². The third-order valence-electron chi connectivity index (χ3n) is 4.93. The summed E-state index contributed by atoms with van der Waals surface area (Å²) < 4.78 is 0. The molecule has 164 valence electrons. The number of carbonyl (C=O) groups is 1. The van der Waals surface area contributed by atoms with Gasteiger partial charge < -0.3 is 10.6 Å². The molecule has 0 aliphatic carbocycles. The second kappa shape index (κ2) is 8.97. The van der Waals surface area contributed by atoms with Gasteiger partial charge >= 0.3 is 0 Å². The van der Waals surface area contributed by atoms with Crippen LogP contribution in [0.15, 0.2) is 60.9 Å². The van der Waals surface area contributed by atoms with E-state index < -0.39 is 0 Å². The fraction of sp³-hybridized carbons (Fsp3) is 0.0870. The zero-order valence-corrected chi connectivity index (χ0v) is 19.0. The lowest BCUT2D eigenvalue weighted by atomic mass is 10.2. The van der Waals surface area contributed by atoms with Crippen LogP contribution in [0.5, 0.6) is 0 Å². The number of fused-ring (bicyclic) bond motifs is 1. The Morgan fingerprint density at radius 1 is 1.12 bits per heavy atom. The molecule has 0 spiro atoms. The first-order valence-electron chi connectivity index (χ1n) is 10.1. The maximum Gasteiger partial charge on any atom is 0.230 e. The molecule has 0 bridgehead atoms. The first kappa shape index (κ1) is 21.0. The SMILES string of the molecule is Cc1ccc(CC(=O)Nc2cccc(-c3nnc(Nc4ccc5[nH]ncc5c4Cl)s3)c2)nc1. The summed E-state index contributed by atoms with van der Waals surface area (Å²) in [6.07, 6.45) is 3.65. The van der Waals surface area contributed by atoms with Crippen LogP contribution in [0, 0.1) is 6.92 Å². The molecule has 0 saturated heterocycles. The van der Waals surface area contributed by atoms with Gasteiger partial charge in [0.05, 0.1) is 28.8 Å². The first-order valence-corrected chi connectivity index (χ1v) is 11.3. The Bertz CT molecular complexity index is 1450. The van der Waals surface area contributed by atoms with Crippen LogP contribution in [0.2, 0.25) is 5.02 Å². The Hall–Kier alpha value is -3.82. The van der Waals surface area contributed by atoms with Gasteiger partial charge in [0.15, 0.2) is 0 Å². The molecule has 0 aliphatic rings. The molecule has 10 heteroatoms. The Morgan fingerprint density at radius 2 is 2.03 bits per heavy atom. The molecule has 3 aromatic heterocycles. The number of nitrogens with one attached hydrogen (secondary N) is 3. The van der Waals surface area contributed by atoms with Gasteiger partial charge in [-0.3, -0.25) is 14.9 Å². The lowest BCUT2D eigenvalue weighted by Gasteiger charge is -2.06. The van der Waals surface area contributed by atoms with E-state index in [2.05, 4.69) is 36.0 Å². The van der Waals surface area contributed by atoms with E-state index >= 15 is 0 Å². The van der Waals surface area contributed by atoms with Crippen molar-refractivity contribution in [2.75, 3.05) is 10.6 Å². The largest absolute Gasteiger partial charge is 0.329 e. The summed E-state index contributed by atoms with van der Waals surface area (Å²) in [5.74, 6) is -0.132. The number of carbonyl (C=O) groups excluding carboxylic acids is 1. The molecule has 33 heavy (non-hydrogen) atoms. The van der Waals surface area contributed by atoms with Crippen molar-refractivity contribution >= 4 is 56.3 Å². The van der Waals surface area contributed by atoms with Crippen molar-refractivity contribution < 1.29 is 4.79 Å². The van der Waals surface area contributed by atoms with Crippen LogP contribution in [-0.4, -0.2) is 31.3 Å². The molecule has 5 aromatic rings. The molecule has 0 saturated carbocycles. The predicted molar refractivity (Wildman–Crippen MR) is 131 cm³/mol. The van der Waals surface area contributed by atoms with E-state index in [1.807, 2.05) is 55.5 Å². The summed E-state index contributed by atoms with van der Waals surface area (Å²) >= 11 is 7.87. The van der Waals surface area contributed by atoms with E-state index in [4.69, 9.17) is 11.6 Å². The van der Waals surface area contributed by atoms with Crippen LogP contribution in [-0.2, 0) is 11.2 Å². The Balaban J connectivity index is 1.29. The van der Waals surface area contributed by atoms with Crippen LogP contribution < -0.4 is 10.6 Å². The number of benzene rings is 2. The molecule has 3 N–H and O–H groups in total. The summed E-state index contributed by atoms with van der Waals surface area (Å²) in [5, 5.41) is 24.3. The van der Waals surface area contributed by atoms with Crippen molar-refractivity contribution in [1.29, 1.82) is 0 Å². The van der Waals surface area contributed by atoms with E-state index in [1.54, 1.807) is 12.4 Å². The normalized spacial score (nSPS) is 11.0. The number of H-pyrrole nitrogens is 1. The van der Waals surface area contributed by atoms with Crippen molar-refractivity contribution in [2.45, 2.75) is 13.3 Å². The highest BCUT2D eigenvalue weighted by Gasteiger charge is 2.12.